The van der Waals surface area contributed by atoms with Crippen molar-refractivity contribution in [3.8, 4) is 0 Å². The number of H-pyrrole nitrogens is 2. The molecule has 43 heavy (non-hydrogen) atoms. The van der Waals surface area contributed by atoms with Crippen molar-refractivity contribution in [1.29, 1.82) is 0 Å². The number of rotatable bonds is 2. The second-order valence-electron chi connectivity index (χ2n) is 12.9. The summed E-state index contributed by atoms with van der Waals surface area (Å²) in [5.41, 5.74) is 16.4. The maximum atomic E-state index is 5.17. The fraction of sp³-hybridized carbons (Fsp3) is 0.237. The summed E-state index contributed by atoms with van der Waals surface area (Å²) in [4.78, 5) is 12.7. The van der Waals surface area contributed by atoms with Crippen LogP contribution in [-0.4, -0.2) is 15.7 Å². The molecule has 8 bridgehead atoms. The lowest BCUT2D eigenvalue weighted by Gasteiger charge is -2.19. The lowest BCUT2D eigenvalue weighted by molar-refractivity contribution is 0.547. The van der Waals surface area contributed by atoms with E-state index in [4.69, 9.17) is 4.99 Å². The molecule has 3 aliphatic rings. The van der Waals surface area contributed by atoms with Crippen molar-refractivity contribution in [2.75, 3.05) is 0 Å². The van der Waals surface area contributed by atoms with Gasteiger partial charge in [0.25, 0.3) is 0 Å². The number of halogens is 1. The van der Waals surface area contributed by atoms with E-state index in [1.807, 2.05) is 0 Å². The van der Waals surface area contributed by atoms with Crippen LogP contribution >= 0.6 is 15.9 Å². The van der Waals surface area contributed by atoms with Gasteiger partial charge in [0.05, 0.1) is 15.9 Å². The van der Waals surface area contributed by atoms with Crippen LogP contribution in [0, 0.1) is 33.1 Å². The molecular formula is C38H37BrN4. The first kappa shape index (κ1) is 27.7. The molecule has 4 aromatic rings. The van der Waals surface area contributed by atoms with E-state index in [9.17, 15) is 0 Å². The molecule has 216 valence electrons. The monoisotopic (exact) mass is 628 g/mol. The molecular weight excluding hydrogens is 592 g/mol. The van der Waals surface area contributed by atoms with Gasteiger partial charge in [-0.05, 0) is 96.2 Å². The number of aryl methyl sites for hydroxylation is 4. The fourth-order valence-corrected chi connectivity index (χ4v) is 7.27. The number of hydrogen-bond acceptors (Lipinski definition) is 2. The van der Waals surface area contributed by atoms with Gasteiger partial charge in [0, 0.05) is 62.9 Å². The van der Waals surface area contributed by atoms with E-state index in [1.165, 1.54) is 50.2 Å². The Morgan fingerprint density at radius 2 is 1.51 bits per heavy atom. The van der Waals surface area contributed by atoms with Gasteiger partial charge in [-0.3, -0.25) is 4.99 Å². The average Bonchev–Trinajstić information content (AvgIpc) is 3.75. The zero-order valence-electron chi connectivity index (χ0n) is 25.7. The lowest BCUT2D eigenvalue weighted by atomic mass is 9.85. The van der Waals surface area contributed by atoms with Crippen LogP contribution < -0.4 is 16.0 Å². The fourth-order valence-electron chi connectivity index (χ4n) is 6.81. The standard InChI is InChI=1S/C38H37BrN4/c1-21-7-9-25(10-8-21)35-27-12-11-26(40-27)19-33-38(5,6)20-32(43-33)37(39)31-16-15-30(42-31)36(29-14-13-28(35)41-29)34-23(3)17-22(2)18-24(34)4/h7-13,15-19,40-42H,14,20H2,1-6H3. The maximum Gasteiger partial charge on any atom is 0.0625 e. The third-order valence-electron chi connectivity index (χ3n) is 8.91. The predicted molar refractivity (Wildman–Crippen MR) is 183 cm³/mol. The third kappa shape index (κ3) is 4.90. The third-order valence-corrected chi connectivity index (χ3v) is 9.79. The summed E-state index contributed by atoms with van der Waals surface area (Å²) >= 11 is 3.94. The van der Waals surface area contributed by atoms with Crippen LogP contribution in [0.5, 0.6) is 0 Å². The van der Waals surface area contributed by atoms with Gasteiger partial charge in [0.15, 0.2) is 0 Å². The Morgan fingerprint density at radius 3 is 2.26 bits per heavy atom. The summed E-state index contributed by atoms with van der Waals surface area (Å²) < 4.78 is 1.02. The number of aliphatic imine (C=N–C) groups is 1. The van der Waals surface area contributed by atoms with Crippen molar-refractivity contribution < 1.29 is 0 Å². The Kier molecular flexibility index (Phi) is 6.62. The van der Waals surface area contributed by atoms with Crippen molar-refractivity contribution in [2.24, 2.45) is 10.4 Å². The molecule has 0 saturated carbocycles. The minimum absolute atomic E-state index is 0.0844. The Morgan fingerprint density at radius 1 is 0.791 bits per heavy atom. The number of benzene rings is 2. The van der Waals surface area contributed by atoms with Crippen molar-refractivity contribution in [3.05, 3.63) is 139 Å². The molecule has 2 aromatic heterocycles. The topological polar surface area (TPSA) is 56.0 Å². The van der Waals surface area contributed by atoms with E-state index in [-0.39, 0.29) is 5.41 Å². The zero-order valence-corrected chi connectivity index (χ0v) is 27.3. The van der Waals surface area contributed by atoms with Crippen molar-refractivity contribution in [3.63, 3.8) is 0 Å². The summed E-state index contributed by atoms with van der Waals surface area (Å²) in [6, 6.07) is 22.2. The van der Waals surface area contributed by atoms with E-state index < -0.39 is 0 Å². The first-order valence-corrected chi connectivity index (χ1v) is 15.8. The minimum Gasteiger partial charge on any atom is -0.358 e. The van der Waals surface area contributed by atoms with Gasteiger partial charge in [0.1, 0.15) is 0 Å². The second kappa shape index (κ2) is 10.3. The highest BCUT2D eigenvalue weighted by Crippen LogP contribution is 2.42. The molecule has 0 fully saturated rings. The highest BCUT2D eigenvalue weighted by atomic mass is 79.9. The van der Waals surface area contributed by atoms with E-state index in [1.54, 1.807) is 0 Å². The molecule has 2 aromatic carbocycles. The van der Waals surface area contributed by atoms with Gasteiger partial charge in [-0.1, -0.05) is 67.4 Å². The Bertz CT molecular complexity index is 2030. The molecule has 0 radical (unpaired) electrons. The molecule has 0 unspecified atom stereocenters. The molecule has 4 nitrogen and oxygen atoms in total. The van der Waals surface area contributed by atoms with Crippen LogP contribution in [0.4, 0.5) is 0 Å². The van der Waals surface area contributed by atoms with Crippen LogP contribution in [0.25, 0.3) is 21.7 Å². The summed E-state index contributed by atoms with van der Waals surface area (Å²) in [6.07, 6.45) is 6.21. The normalized spacial score (nSPS) is 17.6. The molecule has 5 heteroatoms. The molecule has 0 aliphatic carbocycles. The Balaban J connectivity index is 1.54. The van der Waals surface area contributed by atoms with Gasteiger partial charge < -0.3 is 15.3 Å². The quantitative estimate of drug-likeness (QED) is 0.208. The summed E-state index contributed by atoms with van der Waals surface area (Å²) in [5, 5.41) is 6.05. The van der Waals surface area contributed by atoms with Crippen LogP contribution in [0.15, 0.2) is 88.8 Å². The van der Waals surface area contributed by atoms with E-state index >= 15 is 0 Å². The molecule has 3 N–H and O–H groups in total. The van der Waals surface area contributed by atoms with Crippen LogP contribution in [-0.2, 0) is 0 Å². The number of hydrogen-bond donors (Lipinski definition) is 3. The van der Waals surface area contributed by atoms with Gasteiger partial charge in [-0.25, -0.2) is 0 Å². The van der Waals surface area contributed by atoms with Crippen LogP contribution in [0.2, 0.25) is 0 Å². The summed E-state index contributed by atoms with van der Waals surface area (Å²) in [5.74, 6) is 0. The molecule has 0 atom stereocenters. The Labute approximate surface area is 261 Å². The number of fused-ring (bicyclic) bond motifs is 7. The molecule has 5 heterocycles. The first-order valence-electron chi connectivity index (χ1n) is 15.0. The van der Waals surface area contributed by atoms with Crippen molar-refractivity contribution in [1.82, 2.24) is 15.3 Å². The smallest absolute Gasteiger partial charge is 0.0625 e. The molecule has 0 spiro atoms. The van der Waals surface area contributed by atoms with Gasteiger partial charge >= 0.3 is 0 Å². The van der Waals surface area contributed by atoms with Crippen LogP contribution in [0.1, 0.15) is 71.5 Å². The molecule has 7 rings (SSSR count). The highest BCUT2D eigenvalue weighted by Gasteiger charge is 2.33. The largest absolute Gasteiger partial charge is 0.358 e. The van der Waals surface area contributed by atoms with Gasteiger partial charge in [-0.15, -0.1) is 0 Å². The van der Waals surface area contributed by atoms with E-state index in [2.05, 4.69) is 146 Å². The second-order valence-corrected chi connectivity index (χ2v) is 13.7. The maximum absolute atomic E-state index is 5.17. The molecule has 3 aliphatic heterocycles. The number of aromatic nitrogens is 2. The number of nitrogens with zero attached hydrogens (tertiary/aromatic N) is 1. The number of allylic oxidation sites excluding steroid dienone is 3. The Hall–Kier alpha value is -4.09. The first-order chi connectivity index (χ1) is 20.6. The molecule has 0 saturated heterocycles. The van der Waals surface area contributed by atoms with Crippen LogP contribution in [0.3, 0.4) is 0 Å². The minimum atomic E-state index is -0.0844. The number of aromatic amines is 2. The summed E-state index contributed by atoms with van der Waals surface area (Å²) in [6.45, 7) is 13.3. The van der Waals surface area contributed by atoms with E-state index in [0.717, 1.165) is 56.5 Å². The lowest BCUT2D eigenvalue weighted by Crippen LogP contribution is -2.22. The molecule has 0 amide bonds. The SMILES string of the molecule is Cc1ccc(C2=c3ccc([nH]3)=CC3=NC(=C(Br)c4ccc([nH]4)C(c4c(C)cc(C)cc4C)=C4CC=C2N4)CC3(C)C)cc1. The van der Waals surface area contributed by atoms with Gasteiger partial charge in [-0.2, -0.15) is 0 Å². The average molecular weight is 630 g/mol. The number of nitrogens with one attached hydrogen (secondary N) is 3. The predicted octanol–water partition coefficient (Wildman–Crippen LogP) is 7.84. The van der Waals surface area contributed by atoms with E-state index in [0.29, 0.717) is 0 Å². The van der Waals surface area contributed by atoms with Crippen molar-refractivity contribution >= 4 is 43.3 Å². The zero-order chi connectivity index (χ0) is 30.0. The summed E-state index contributed by atoms with van der Waals surface area (Å²) in [7, 11) is 0. The van der Waals surface area contributed by atoms with Crippen molar-refractivity contribution in [2.45, 2.75) is 54.4 Å². The van der Waals surface area contributed by atoms with Gasteiger partial charge in [0.2, 0.25) is 0 Å². The highest BCUT2D eigenvalue weighted by molar-refractivity contribution is 9.15.